The Balaban J connectivity index is 1.73. The Morgan fingerprint density at radius 1 is 0.792 bits per heavy atom. The Morgan fingerprint density at radius 3 is 2.25 bits per heavy atom. The van der Waals surface area contributed by atoms with Gasteiger partial charge in [-0.1, -0.05) is 60.7 Å². The highest BCUT2D eigenvalue weighted by Gasteiger charge is 2.30. The summed E-state index contributed by atoms with van der Waals surface area (Å²) in [5, 5.41) is 0. The van der Waals surface area contributed by atoms with Crippen LogP contribution in [0.15, 0.2) is 78.9 Å². The van der Waals surface area contributed by atoms with Crippen LogP contribution in [0.2, 0.25) is 0 Å². The molecule has 3 aromatic rings. The van der Waals surface area contributed by atoms with Crippen molar-refractivity contribution in [3.8, 4) is 11.5 Å². The molecule has 0 spiro atoms. The van der Waals surface area contributed by atoms with E-state index in [9.17, 15) is 0 Å². The van der Waals surface area contributed by atoms with Gasteiger partial charge in [0.2, 0.25) is 0 Å². The zero-order valence-corrected chi connectivity index (χ0v) is 13.7. The second-order valence-electron chi connectivity index (χ2n) is 6.12. The lowest BCUT2D eigenvalue weighted by Gasteiger charge is -2.33. The SMILES string of the molecule is COc1ccc(C2CC(c3ccccc3)Oc3ccccc32)cc1. The van der Waals surface area contributed by atoms with Crippen LogP contribution in [0, 0.1) is 0 Å². The van der Waals surface area contributed by atoms with Crippen LogP contribution < -0.4 is 9.47 Å². The second-order valence-corrected chi connectivity index (χ2v) is 6.12. The average Bonchev–Trinajstić information content (AvgIpc) is 2.68. The van der Waals surface area contributed by atoms with Gasteiger partial charge in [0.05, 0.1) is 7.11 Å². The van der Waals surface area contributed by atoms with Gasteiger partial charge in [0.1, 0.15) is 17.6 Å². The molecule has 120 valence electrons. The first-order valence-electron chi connectivity index (χ1n) is 8.29. The molecule has 0 fully saturated rings. The lowest BCUT2D eigenvalue weighted by Crippen LogP contribution is -2.19. The highest BCUT2D eigenvalue weighted by molar-refractivity contribution is 5.45. The number of hydrogen-bond donors (Lipinski definition) is 0. The third-order valence-electron chi connectivity index (χ3n) is 4.70. The number of hydrogen-bond acceptors (Lipinski definition) is 2. The average molecular weight is 316 g/mol. The fraction of sp³-hybridized carbons (Fsp3) is 0.182. The topological polar surface area (TPSA) is 18.5 Å². The zero-order valence-electron chi connectivity index (χ0n) is 13.7. The first kappa shape index (κ1) is 14.8. The minimum absolute atomic E-state index is 0.0770. The molecule has 0 saturated carbocycles. The van der Waals surface area contributed by atoms with Gasteiger partial charge in [-0.15, -0.1) is 0 Å². The molecule has 0 radical (unpaired) electrons. The van der Waals surface area contributed by atoms with E-state index in [0.29, 0.717) is 5.92 Å². The van der Waals surface area contributed by atoms with E-state index in [1.165, 1.54) is 16.7 Å². The second kappa shape index (κ2) is 6.40. The molecule has 0 bridgehead atoms. The van der Waals surface area contributed by atoms with Gasteiger partial charge in [-0.25, -0.2) is 0 Å². The largest absolute Gasteiger partial charge is 0.497 e. The van der Waals surface area contributed by atoms with E-state index in [0.717, 1.165) is 17.9 Å². The van der Waals surface area contributed by atoms with E-state index in [-0.39, 0.29) is 6.10 Å². The van der Waals surface area contributed by atoms with E-state index >= 15 is 0 Å². The number of para-hydroxylation sites is 1. The molecule has 1 heterocycles. The summed E-state index contributed by atoms with van der Waals surface area (Å²) in [5.74, 6) is 2.20. The molecule has 1 aliphatic heterocycles. The summed E-state index contributed by atoms with van der Waals surface area (Å²) >= 11 is 0. The molecule has 0 aromatic heterocycles. The van der Waals surface area contributed by atoms with E-state index < -0.39 is 0 Å². The Morgan fingerprint density at radius 2 is 1.50 bits per heavy atom. The van der Waals surface area contributed by atoms with Gasteiger partial charge in [-0.2, -0.15) is 0 Å². The molecular formula is C22H20O2. The standard InChI is InChI=1S/C22H20O2/c1-23-18-13-11-16(12-14-18)20-15-22(17-7-3-2-4-8-17)24-21-10-6-5-9-19(20)21/h2-14,20,22H,15H2,1H3. The van der Waals surface area contributed by atoms with Gasteiger partial charge in [-0.05, 0) is 35.7 Å². The summed E-state index contributed by atoms with van der Waals surface area (Å²) < 4.78 is 11.6. The van der Waals surface area contributed by atoms with Gasteiger partial charge < -0.3 is 9.47 Å². The quantitative estimate of drug-likeness (QED) is 0.648. The van der Waals surface area contributed by atoms with Crippen LogP contribution in [-0.2, 0) is 0 Å². The van der Waals surface area contributed by atoms with Crippen LogP contribution in [0.3, 0.4) is 0 Å². The van der Waals surface area contributed by atoms with Crippen molar-refractivity contribution in [2.45, 2.75) is 18.4 Å². The van der Waals surface area contributed by atoms with Crippen LogP contribution in [0.4, 0.5) is 0 Å². The Hall–Kier alpha value is -2.74. The highest BCUT2D eigenvalue weighted by Crippen LogP contribution is 2.45. The lowest BCUT2D eigenvalue weighted by molar-refractivity contribution is 0.167. The van der Waals surface area contributed by atoms with Crippen molar-refractivity contribution < 1.29 is 9.47 Å². The number of ether oxygens (including phenoxy) is 2. The maximum absolute atomic E-state index is 6.29. The van der Waals surface area contributed by atoms with Crippen molar-refractivity contribution in [2.75, 3.05) is 7.11 Å². The molecule has 1 aliphatic rings. The first-order chi connectivity index (χ1) is 11.8. The summed E-state index contributed by atoms with van der Waals surface area (Å²) in [7, 11) is 1.70. The van der Waals surface area contributed by atoms with Crippen molar-refractivity contribution >= 4 is 0 Å². The number of rotatable bonds is 3. The van der Waals surface area contributed by atoms with Gasteiger partial charge in [0.25, 0.3) is 0 Å². The summed E-state index contributed by atoms with van der Waals surface area (Å²) in [6.45, 7) is 0. The fourth-order valence-electron chi connectivity index (χ4n) is 3.44. The van der Waals surface area contributed by atoms with Gasteiger partial charge in [0.15, 0.2) is 0 Å². The van der Waals surface area contributed by atoms with Gasteiger partial charge >= 0.3 is 0 Å². The lowest BCUT2D eigenvalue weighted by atomic mass is 9.82. The van der Waals surface area contributed by atoms with Gasteiger partial charge in [0, 0.05) is 11.5 Å². The molecule has 2 atom stereocenters. The Labute approximate surface area is 142 Å². The van der Waals surface area contributed by atoms with Gasteiger partial charge in [-0.3, -0.25) is 0 Å². The van der Waals surface area contributed by atoms with E-state index in [1.54, 1.807) is 7.11 Å². The Kier molecular flexibility index (Phi) is 3.96. The fourth-order valence-corrected chi connectivity index (χ4v) is 3.44. The van der Waals surface area contributed by atoms with Crippen LogP contribution in [-0.4, -0.2) is 7.11 Å². The predicted octanol–water partition coefficient (Wildman–Crippen LogP) is 5.35. The maximum Gasteiger partial charge on any atom is 0.125 e. The van der Waals surface area contributed by atoms with Crippen molar-refractivity contribution in [1.29, 1.82) is 0 Å². The van der Waals surface area contributed by atoms with E-state index in [4.69, 9.17) is 9.47 Å². The molecule has 0 N–H and O–H groups in total. The third-order valence-corrected chi connectivity index (χ3v) is 4.70. The van der Waals surface area contributed by atoms with Crippen LogP contribution in [0.1, 0.15) is 35.1 Å². The molecule has 0 aliphatic carbocycles. The molecule has 0 amide bonds. The normalized spacial score (nSPS) is 19.2. The molecule has 4 rings (SSSR count). The predicted molar refractivity (Wildman–Crippen MR) is 95.7 cm³/mol. The van der Waals surface area contributed by atoms with Crippen LogP contribution in [0.25, 0.3) is 0 Å². The number of methoxy groups -OCH3 is 1. The first-order valence-corrected chi connectivity index (χ1v) is 8.29. The highest BCUT2D eigenvalue weighted by atomic mass is 16.5. The van der Waals surface area contributed by atoms with Crippen molar-refractivity contribution in [2.24, 2.45) is 0 Å². The van der Waals surface area contributed by atoms with Crippen molar-refractivity contribution in [3.05, 3.63) is 95.6 Å². The summed E-state index contributed by atoms with van der Waals surface area (Å²) in [6.07, 6.45) is 1.01. The molecule has 24 heavy (non-hydrogen) atoms. The molecule has 2 unspecified atom stereocenters. The smallest absolute Gasteiger partial charge is 0.125 e. The minimum atomic E-state index is 0.0770. The molecular weight excluding hydrogens is 296 g/mol. The monoisotopic (exact) mass is 316 g/mol. The summed E-state index contributed by atoms with van der Waals surface area (Å²) in [6, 6.07) is 27.2. The van der Waals surface area contributed by atoms with E-state index in [2.05, 4.69) is 54.6 Å². The van der Waals surface area contributed by atoms with Crippen molar-refractivity contribution in [3.63, 3.8) is 0 Å². The molecule has 2 nitrogen and oxygen atoms in total. The minimum Gasteiger partial charge on any atom is -0.497 e. The molecule has 0 saturated heterocycles. The zero-order chi connectivity index (χ0) is 16.4. The Bertz CT molecular complexity index is 809. The number of fused-ring (bicyclic) bond motifs is 1. The third kappa shape index (κ3) is 2.76. The number of benzene rings is 3. The van der Waals surface area contributed by atoms with Crippen molar-refractivity contribution in [1.82, 2.24) is 0 Å². The summed E-state index contributed by atoms with van der Waals surface area (Å²) in [4.78, 5) is 0. The van der Waals surface area contributed by atoms with Crippen LogP contribution >= 0.6 is 0 Å². The van der Waals surface area contributed by atoms with Crippen LogP contribution in [0.5, 0.6) is 11.5 Å². The molecule has 2 heteroatoms. The summed E-state index contributed by atoms with van der Waals surface area (Å²) in [5.41, 5.74) is 3.79. The van der Waals surface area contributed by atoms with E-state index in [1.807, 2.05) is 24.3 Å². The molecule has 3 aromatic carbocycles. The maximum atomic E-state index is 6.29.